The molecule has 0 aliphatic rings. The highest BCUT2D eigenvalue weighted by Gasteiger charge is 2.31. The number of nitrogens with one attached hydrogen (secondary N) is 3. The highest BCUT2D eigenvalue weighted by molar-refractivity contribution is 5.99. The second-order valence-corrected chi connectivity index (χ2v) is 10.2. The molecule has 5 rings (SSSR count). The van der Waals surface area contributed by atoms with Crippen molar-refractivity contribution in [1.82, 2.24) is 24.7 Å². The lowest BCUT2D eigenvalue weighted by Crippen LogP contribution is -2.22. The molecular weight excluding hydrogens is 558 g/mol. The van der Waals surface area contributed by atoms with E-state index in [0.717, 1.165) is 24.4 Å². The number of carbonyl (C=O) groups is 1. The largest absolute Gasteiger partial charge is 0.455 e. The summed E-state index contributed by atoms with van der Waals surface area (Å²) < 4.78 is 61.8. The van der Waals surface area contributed by atoms with E-state index in [4.69, 9.17) is 4.74 Å². The molecule has 0 spiro atoms. The SMILES string of the molecule is CC(C)(C)c1cc(NC(=O)Nc2ccc(Oc3ccnc4[nH]c(=O)cnc34)cc2F)n(-c2cccc(C(F)(F)F)c2)n1. The van der Waals surface area contributed by atoms with Crippen molar-refractivity contribution >= 4 is 28.7 Å². The summed E-state index contributed by atoms with van der Waals surface area (Å²) in [5.41, 5.74) is -0.984. The number of nitrogens with zero attached hydrogens (tertiary/aromatic N) is 4. The first-order valence-electron chi connectivity index (χ1n) is 12.5. The number of aromatic amines is 1. The number of anilines is 2. The van der Waals surface area contributed by atoms with Crippen molar-refractivity contribution in [3.8, 4) is 17.2 Å². The van der Waals surface area contributed by atoms with Crippen LogP contribution < -0.4 is 20.9 Å². The molecule has 0 fully saturated rings. The second kappa shape index (κ2) is 10.6. The van der Waals surface area contributed by atoms with Crippen LogP contribution in [0.25, 0.3) is 16.9 Å². The smallest absolute Gasteiger partial charge is 0.416 e. The van der Waals surface area contributed by atoms with E-state index in [0.29, 0.717) is 5.69 Å². The van der Waals surface area contributed by atoms with Crippen LogP contribution in [0.15, 0.2) is 71.8 Å². The van der Waals surface area contributed by atoms with Gasteiger partial charge >= 0.3 is 12.2 Å². The normalized spacial score (nSPS) is 11.9. The van der Waals surface area contributed by atoms with Crippen molar-refractivity contribution in [2.75, 3.05) is 10.6 Å². The number of urea groups is 1. The number of hydrogen-bond acceptors (Lipinski definition) is 6. The van der Waals surface area contributed by atoms with Crippen molar-refractivity contribution in [2.24, 2.45) is 0 Å². The Morgan fingerprint density at radius 3 is 2.50 bits per heavy atom. The van der Waals surface area contributed by atoms with Gasteiger partial charge in [-0.2, -0.15) is 18.3 Å². The van der Waals surface area contributed by atoms with Crippen molar-refractivity contribution < 1.29 is 27.1 Å². The van der Waals surface area contributed by atoms with Gasteiger partial charge in [0.1, 0.15) is 22.9 Å². The Hall–Kier alpha value is -5.27. The standard InChI is InChI=1S/C28H23F4N7O3/c1-27(2,3)21-13-22(39(38-21)16-6-4-5-15(11-16)28(30,31)32)36-26(41)35-19-8-7-17(12-18(19)29)42-20-9-10-33-25-24(20)34-14-23(40)37-25/h4-14H,1-3H3,(H,33,37,40)(H2,35,36,41). The van der Waals surface area contributed by atoms with Gasteiger partial charge in [-0.15, -0.1) is 0 Å². The summed E-state index contributed by atoms with van der Waals surface area (Å²) in [4.78, 5) is 34.9. The predicted octanol–water partition coefficient (Wildman–Crippen LogP) is 6.40. The number of benzene rings is 2. The molecule has 0 unspecified atom stereocenters. The molecule has 42 heavy (non-hydrogen) atoms. The van der Waals surface area contributed by atoms with Gasteiger partial charge in [0.15, 0.2) is 11.4 Å². The quantitative estimate of drug-likeness (QED) is 0.206. The molecule has 3 heterocycles. The topological polar surface area (TPSA) is 127 Å². The summed E-state index contributed by atoms with van der Waals surface area (Å²) in [5, 5.41) is 9.34. The first kappa shape index (κ1) is 28.3. The van der Waals surface area contributed by atoms with Gasteiger partial charge in [0, 0.05) is 29.8 Å². The van der Waals surface area contributed by atoms with Crippen molar-refractivity contribution in [3.05, 3.63) is 94.4 Å². The fourth-order valence-corrected chi connectivity index (χ4v) is 3.91. The Morgan fingerprint density at radius 2 is 1.79 bits per heavy atom. The van der Waals surface area contributed by atoms with E-state index >= 15 is 0 Å². The first-order valence-corrected chi connectivity index (χ1v) is 12.5. The van der Waals surface area contributed by atoms with E-state index in [1.807, 2.05) is 20.8 Å². The molecule has 3 aromatic heterocycles. The van der Waals surface area contributed by atoms with Gasteiger partial charge in [0.2, 0.25) is 0 Å². The summed E-state index contributed by atoms with van der Waals surface area (Å²) >= 11 is 0. The number of fused-ring (bicyclic) bond motifs is 1. The highest BCUT2D eigenvalue weighted by Crippen LogP contribution is 2.33. The molecule has 14 heteroatoms. The Labute approximate surface area is 235 Å². The number of pyridine rings is 1. The van der Waals surface area contributed by atoms with Crippen LogP contribution in [0, 0.1) is 5.82 Å². The van der Waals surface area contributed by atoms with Gasteiger partial charge in [-0.25, -0.2) is 23.8 Å². The molecule has 2 amide bonds. The van der Waals surface area contributed by atoms with Crippen LogP contribution in [0.2, 0.25) is 0 Å². The Bertz CT molecular complexity index is 1860. The van der Waals surface area contributed by atoms with E-state index < -0.39 is 34.6 Å². The number of halogens is 4. The van der Waals surface area contributed by atoms with E-state index in [9.17, 15) is 27.2 Å². The lowest BCUT2D eigenvalue weighted by Gasteiger charge is -2.14. The summed E-state index contributed by atoms with van der Waals surface area (Å²) in [7, 11) is 0. The zero-order valence-electron chi connectivity index (χ0n) is 22.4. The predicted molar refractivity (Wildman–Crippen MR) is 147 cm³/mol. The van der Waals surface area contributed by atoms with Crippen LogP contribution in [-0.4, -0.2) is 30.8 Å². The van der Waals surface area contributed by atoms with Crippen LogP contribution in [0.4, 0.5) is 33.9 Å². The number of hydrogen-bond donors (Lipinski definition) is 3. The summed E-state index contributed by atoms with van der Waals surface area (Å²) in [6.07, 6.45) is -2.12. The maximum atomic E-state index is 15.0. The molecule has 0 saturated carbocycles. The minimum Gasteiger partial charge on any atom is -0.455 e. The van der Waals surface area contributed by atoms with Gasteiger partial charge in [0.25, 0.3) is 5.56 Å². The van der Waals surface area contributed by atoms with E-state index in [1.54, 1.807) is 0 Å². The third-order valence-corrected chi connectivity index (χ3v) is 5.99. The molecule has 0 atom stereocenters. The fraction of sp³-hybridized carbons (Fsp3) is 0.179. The fourth-order valence-electron chi connectivity index (χ4n) is 3.91. The molecule has 0 radical (unpaired) electrons. The molecule has 5 aromatic rings. The zero-order chi connectivity index (χ0) is 30.2. The lowest BCUT2D eigenvalue weighted by molar-refractivity contribution is -0.137. The van der Waals surface area contributed by atoms with E-state index in [-0.39, 0.29) is 39.9 Å². The van der Waals surface area contributed by atoms with E-state index in [1.165, 1.54) is 47.3 Å². The third kappa shape index (κ3) is 6.06. The molecule has 0 aliphatic carbocycles. The van der Waals surface area contributed by atoms with E-state index in [2.05, 4.69) is 30.7 Å². The van der Waals surface area contributed by atoms with Gasteiger partial charge in [0.05, 0.1) is 28.8 Å². The second-order valence-electron chi connectivity index (χ2n) is 10.2. The number of alkyl halides is 3. The number of carbonyl (C=O) groups excluding carboxylic acids is 1. The third-order valence-electron chi connectivity index (χ3n) is 5.99. The molecule has 0 aliphatic heterocycles. The average Bonchev–Trinajstić information content (AvgIpc) is 3.34. The van der Waals surface area contributed by atoms with Crippen molar-refractivity contribution in [3.63, 3.8) is 0 Å². The van der Waals surface area contributed by atoms with Crippen molar-refractivity contribution in [2.45, 2.75) is 32.4 Å². The number of ether oxygens (including phenoxy) is 1. The van der Waals surface area contributed by atoms with Gasteiger partial charge in [-0.1, -0.05) is 26.8 Å². The molecular formula is C28H23F4N7O3. The maximum Gasteiger partial charge on any atom is 0.416 e. The number of amides is 2. The van der Waals surface area contributed by atoms with Crippen LogP contribution in [0.5, 0.6) is 11.5 Å². The molecule has 2 aromatic carbocycles. The van der Waals surface area contributed by atoms with Crippen LogP contribution in [-0.2, 0) is 11.6 Å². The van der Waals surface area contributed by atoms with Gasteiger partial charge in [-0.05, 0) is 30.3 Å². The number of aromatic nitrogens is 5. The Kier molecular flexibility index (Phi) is 7.14. The van der Waals surface area contributed by atoms with Crippen LogP contribution in [0.1, 0.15) is 32.0 Å². The average molecular weight is 582 g/mol. The Balaban J connectivity index is 1.37. The van der Waals surface area contributed by atoms with Gasteiger partial charge < -0.3 is 15.0 Å². The minimum absolute atomic E-state index is 0.0745. The monoisotopic (exact) mass is 581 g/mol. The summed E-state index contributed by atoms with van der Waals surface area (Å²) in [6, 6.07) is 10.4. The van der Waals surface area contributed by atoms with Crippen molar-refractivity contribution in [1.29, 1.82) is 0 Å². The molecule has 10 nitrogen and oxygen atoms in total. The Morgan fingerprint density at radius 1 is 1.00 bits per heavy atom. The summed E-state index contributed by atoms with van der Waals surface area (Å²) in [6.45, 7) is 5.58. The molecule has 0 bridgehead atoms. The van der Waals surface area contributed by atoms with Crippen LogP contribution >= 0.6 is 0 Å². The molecule has 216 valence electrons. The molecule has 3 N–H and O–H groups in total. The highest BCUT2D eigenvalue weighted by atomic mass is 19.4. The number of H-pyrrole nitrogens is 1. The molecule has 0 saturated heterocycles. The number of rotatable bonds is 5. The van der Waals surface area contributed by atoms with Gasteiger partial charge in [-0.3, -0.25) is 10.1 Å². The minimum atomic E-state index is -4.58. The summed E-state index contributed by atoms with van der Waals surface area (Å²) in [5.74, 6) is -0.459. The maximum absolute atomic E-state index is 15.0. The zero-order valence-corrected chi connectivity index (χ0v) is 22.4. The van der Waals surface area contributed by atoms with Crippen LogP contribution in [0.3, 0.4) is 0 Å². The first-order chi connectivity index (χ1) is 19.8. The lowest BCUT2D eigenvalue weighted by atomic mass is 9.92.